The van der Waals surface area contributed by atoms with Crippen molar-refractivity contribution in [1.29, 1.82) is 0 Å². The lowest BCUT2D eigenvalue weighted by molar-refractivity contribution is -0.133. The van der Waals surface area contributed by atoms with Crippen LogP contribution >= 0.6 is 0 Å². The summed E-state index contributed by atoms with van der Waals surface area (Å²) < 4.78 is 4.96. The molecule has 1 heterocycles. The van der Waals surface area contributed by atoms with Crippen molar-refractivity contribution in [3.63, 3.8) is 0 Å². The molecule has 7 heteroatoms. The summed E-state index contributed by atoms with van der Waals surface area (Å²) in [6.07, 6.45) is 7.14. The van der Waals surface area contributed by atoms with Crippen molar-refractivity contribution in [3.05, 3.63) is 47.5 Å². The summed E-state index contributed by atoms with van der Waals surface area (Å²) >= 11 is 0. The fourth-order valence-electron chi connectivity index (χ4n) is 2.49. The number of hydrogen-bond donors (Lipinski definition) is 4. The molecule has 1 aromatic heterocycles. The van der Waals surface area contributed by atoms with Crippen LogP contribution in [-0.4, -0.2) is 44.1 Å². The van der Waals surface area contributed by atoms with Crippen molar-refractivity contribution in [2.45, 2.75) is 64.1 Å². The summed E-state index contributed by atoms with van der Waals surface area (Å²) in [5.41, 5.74) is 0.00418. The molecular formula is C20H28O7. The van der Waals surface area contributed by atoms with Gasteiger partial charge >= 0.3 is 11.9 Å². The highest BCUT2D eigenvalue weighted by molar-refractivity contribution is 5.87. The maximum atomic E-state index is 11.3. The monoisotopic (exact) mass is 380 g/mol. The van der Waals surface area contributed by atoms with Crippen LogP contribution in [0.4, 0.5) is 0 Å². The Labute approximate surface area is 158 Å². The summed E-state index contributed by atoms with van der Waals surface area (Å²) in [6.45, 7) is 2.91. The van der Waals surface area contributed by atoms with Crippen LogP contribution in [0.3, 0.4) is 0 Å². The Bertz CT molecular complexity index is 663. The second-order valence-electron chi connectivity index (χ2n) is 6.99. The van der Waals surface area contributed by atoms with E-state index in [1.54, 1.807) is 18.6 Å². The van der Waals surface area contributed by atoms with Gasteiger partial charge in [0, 0.05) is 11.1 Å². The second kappa shape index (κ2) is 10.7. The molecule has 0 bridgehead atoms. The average Bonchev–Trinajstić information content (AvgIpc) is 3.07. The number of aliphatic hydroxyl groups is 2. The first-order valence-corrected chi connectivity index (χ1v) is 8.87. The van der Waals surface area contributed by atoms with E-state index in [1.165, 1.54) is 19.9 Å². The van der Waals surface area contributed by atoms with Gasteiger partial charge in [0.25, 0.3) is 0 Å². The zero-order chi connectivity index (χ0) is 20.4. The van der Waals surface area contributed by atoms with E-state index in [0.717, 1.165) is 5.56 Å². The molecule has 1 atom stereocenters. The van der Waals surface area contributed by atoms with Crippen LogP contribution in [-0.2, 0) is 16.0 Å². The van der Waals surface area contributed by atoms with Gasteiger partial charge in [0.05, 0.1) is 24.2 Å². The van der Waals surface area contributed by atoms with Gasteiger partial charge in [0.15, 0.2) is 0 Å². The molecule has 7 nitrogen and oxygen atoms in total. The van der Waals surface area contributed by atoms with Gasteiger partial charge in [-0.2, -0.15) is 0 Å². The highest BCUT2D eigenvalue weighted by Gasteiger charge is 2.24. The number of aryl methyl sites for hydroxylation is 1. The van der Waals surface area contributed by atoms with Crippen molar-refractivity contribution >= 4 is 11.9 Å². The first-order chi connectivity index (χ1) is 12.6. The Kier molecular flexibility index (Phi) is 8.97. The lowest BCUT2D eigenvalue weighted by Gasteiger charge is -2.24. The molecule has 0 saturated heterocycles. The van der Waals surface area contributed by atoms with Crippen LogP contribution in [0.2, 0.25) is 0 Å². The number of hydrogen-bond acceptors (Lipinski definition) is 5. The van der Waals surface area contributed by atoms with Gasteiger partial charge in [-0.3, -0.25) is 0 Å². The highest BCUT2D eigenvalue weighted by Crippen LogP contribution is 2.18. The minimum Gasteiger partial charge on any atom is -0.478 e. The molecule has 0 spiro atoms. The molecule has 0 aliphatic carbocycles. The third-order valence-corrected chi connectivity index (χ3v) is 4.26. The van der Waals surface area contributed by atoms with Crippen LogP contribution < -0.4 is 0 Å². The first-order valence-electron chi connectivity index (χ1n) is 8.87. The SMILES string of the molecule is CC(C)(O)[C@@H](O)CC/C(=C\CC/C(=C\CCc1ccoc1)C(=O)O)C(=O)O. The number of carboxylic acid groups (broad SMARTS) is 2. The predicted octanol–water partition coefficient (Wildman–Crippen LogP) is 2.93. The number of carbonyl (C=O) groups is 2. The highest BCUT2D eigenvalue weighted by atomic mass is 16.4. The molecule has 0 radical (unpaired) electrons. The largest absolute Gasteiger partial charge is 0.478 e. The Morgan fingerprint density at radius 1 is 1.11 bits per heavy atom. The molecule has 0 aromatic carbocycles. The first kappa shape index (κ1) is 22.7. The van der Waals surface area contributed by atoms with Gasteiger partial charge in [0.2, 0.25) is 0 Å². The van der Waals surface area contributed by atoms with Crippen molar-refractivity contribution in [2.75, 3.05) is 0 Å². The third-order valence-electron chi connectivity index (χ3n) is 4.26. The van der Waals surface area contributed by atoms with Crippen molar-refractivity contribution in [2.24, 2.45) is 0 Å². The molecule has 0 unspecified atom stereocenters. The Morgan fingerprint density at radius 3 is 2.22 bits per heavy atom. The number of carboxylic acids is 2. The van der Waals surface area contributed by atoms with Gasteiger partial charge in [-0.15, -0.1) is 0 Å². The fourth-order valence-corrected chi connectivity index (χ4v) is 2.49. The summed E-state index contributed by atoms with van der Waals surface area (Å²) in [5.74, 6) is -2.14. The Balaban J connectivity index is 2.60. The van der Waals surface area contributed by atoms with Gasteiger partial charge in [-0.05, 0) is 64.0 Å². The number of aliphatic carboxylic acids is 2. The number of furan rings is 1. The molecule has 0 aliphatic rings. The zero-order valence-electron chi connectivity index (χ0n) is 15.7. The molecule has 150 valence electrons. The molecule has 0 amide bonds. The van der Waals surface area contributed by atoms with Crippen molar-refractivity contribution in [3.8, 4) is 0 Å². The topological polar surface area (TPSA) is 128 Å². The van der Waals surface area contributed by atoms with Crippen LogP contribution in [0.1, 0.15) is 51.5 Å². The van der Waals surface area contributed by atoms with Crippen molar-refractivity contribution in [1.82, 2.24) is 0 Å². The lowest BCUT2D eigenvalue weighted by atomic mass is 9.95. The zero-order valence-corrected chi connectivity index (χ0v) is 15.7. The number of rotatable bonds is 12. The Hall–Kier alpha value is -2.38. The van der Waals surface area contributed by atoms with Crippen LogP contribution in [0.25, 0.3) is 0 Å². The van der Waals surface area contributed by atoms with Gasteiger partial charge in [-0.25, -0.2) is 9.59 Å². The van der Waals surface area contributed by atoms with E-state index in [-0.39, 0.29) is 36.8 Å². The van der Waals surface area contributed by atoms with Crippen LogP contribution in [0.5, 0.6) is 0 Å². The third kappa shape index (κ3) is 8.70. The molecule has 4 N–H and O–H groups in total. The molecule has 1 rings (SSSR count). The summed E-state index contributed by atoms with van der Waals surface area (Å²) in [6, 6.07) is 1.82. The van der Waals surface area contributed by atoms with Crippen molar-refractivity contribution < 1.29 is 34.4 Å². The van der Waals surface area contributed by atoms with E-state index in [9.17, 15) is 30.0 Å². The maximum absolute atomic E-state index is 11.3. The van der Waals surface area contributed by atoms with E-state index in [2.05, 4.69) is 0 Å². The standard InChI is InChI=1S/C20H28O7/c1-20(2,26)17(21)10-9-16(19(24)25)8-4-7-15(18(22)23)6-3-5-14-11-12-27-13-14/h6,8,11-13,17,21,26H,3-5,7,9-10H2,1-2H3,(H,22,23)(H,24,25)/b15-6+,16-8+/t17-/m0/s1. The molecule has 27 heavy (non-hydrogen) atoms. The van der Waals surface area contributed by atoms with E-state index in [4.69, 9.17) is 4.42 Å². The molecular weight excluding hydrogens is 352 g/mol. The minimum atomic E-state index is -1.31. The fraction of sp³-hybridized carbons (Fsp3) is 0.500. The summed E-state index contributed by atoms with van der Waals surface area (Å²) in [4.78, 5) is 22.7. The quantitative estimate of drug-likeness (QED) is 0.410. The average molecular weight is 380 g/mol. The smallest absolute Gasteiger partial charge is 0.331 e. The molecule has 0 saturated carbocycles. The predicted molar refractivity (Wildman–Crippen MR) is 99.2 cm³/mol. The number of allylic oxidation sites excluding steroid dienone is 2. The van der Waals surface area contributed by atoms with Crippen LogP contribution in [0.15, 0.2) is 46.3 Å². The van der Waals surface area contributed by atoms with Gasteiger partial charge in [-0.1, -0.05) is 12.2 Å². The lowest BCUT2D eigenvalue weighted by Crippen LogP contribution is -2.35. The van der Waals surface area contributed by atoms with Crippen LogP contribution in [0, 0.1) is 0 Å². The normalized spacial score (nSPS) is 14.2. The van der Waals surface area contributed by atoms with E-state index in [0.29, 0.717) is 12.8 Å². The van der Waals surface area contributed by atoms with E-state index >= 15 is 0 Å². The summed E-state index contributed by atoms with van der Waals surface area (Å²) in [5, 5.41) is 38.1. The molecule has 1 aromatic rings. The minimum absolute atomic E-state index is 0.0904. The summed E-state index contributed by atoms with van der Waals surface area (Å²) in [7, 11) is 0. The Morgan fingerprint density at radius 2 is 1.70 bits per heavy atom. The molecule has 0 aliphatic heterocycles. The van der Waals surface area contributed by atoms with E-state index in [1.807, 2.05) is 6.07 Å². The van der Waals surface area contributed by atoms with Gasteiger partial charge < -0.3 is 24.8 Å². The van der Waals surface area contributed by atoms with E-state index < -0.39 is 23.6 Å². The van der Waals surface area contributed by atoms with Gasteiger partial charge in [0.1, 0.15) is 0 Å². The molecule has 0 fully saturated rings. The number of aliphatic hydroxyl groups excluding tert-OH is 1. The maximum Gasteiger partial charge on any atom is 0.331 e. The second-order valence-corrected chi connectivity index (χ2v) is 6.99.